The Morgan fingerprint density at radius 1 is 1.33 bits per heavy atom. The molecule has 1 aromatic rings. The Morgan fingerprint density at radius 2 is 2.00 bits per heavy atom. The zero-order valence-electron chi connectivity index (χ0n) is 6.40. The monoisotopic (exact) mass is 175 g/mol. The van der Waals surface area contributed by atoms with Crippen LogP contribution < -0.4 is 0 Å². The lowest BCUT2D eigenvalue weighted by atomic mass is 10.2. The average molecular weight is 175 g/mol. The molecule has 1 heterocycles. The minimum absolute atomic E-state index is 0.329. The first-order valence-electron chi connectivity index (χ1n) is 3.16. The predicted molar refractivity (Wildman–Crippen MR) is 45.4 cm³/mol. The van der Waals surface area contributed by atoms with Gasteiger partial charge in [0.25, 0.3) is 0 Å². The molecule has 0 N–H and O–H groups in total. The third kappa shape index (κ3) is 1.55. The second kappa shape index (κ2) is 3.75. The van der Waals surface area contributed by atoms with Crippen LogP contribution in [0, 0.1) is 22.7 Å². The van der Waals surface area contributed by atoms with Crippen LogP contribution in [0.5, 0.6) is 0 Å². The maximum atomic E-state index is 8.63. The standard InChI is InChI=1S/C8H5N3S/c1-12-8-2-6(3-9)7(4-10)5-11-8/h2,5H,1H3. The average Bonchev–Trinajstić information content (AvgIpc) is 2.16. The van der Waals surface area contributed by atoms with Crippen LogP contribution >= 0.6 is 11.8 Å². The number of thioether (sulfide) groups is 1. The molecular formula is C8H5N3S. The highest BCUT2D eigenvalue weighted by molar-refractivity contribution is 7.98. The van der Waals surface area contributed by atoms with Gasteiger partial charge in [-0.1, -0.05) is 0 Å². The molecule has 0 saturated heterocycles. The van der Waals surface area contributed by atoms with Gasteiger partial charge in [-0.15, -0.1) is 11.8 Å². The molecule has 0 saturated carbocycles. The third-order valence-electron chi connectivity index (χ3n) is 1.33. The summed E-state index contributed by atoms with van der Waals surface area (Å²) < 4.78 is 0. The fourth-order valence-corrected chi connectivity index (χ4v) is 1.12. The first-order chi connectivity index (χ1) is 5.81. The summed E-state index contributed by atoms with van der Waals surface area (Å²) in [6.45, 7) is 0. The van der Waals surface area contributed by atoms with Crippen molar-refractivity contribution in [2.24, 2.45) is 0 Å². The van der Waals surface area contributed by atoms with Gasteiger partial charge in [0.15, 0.2) is 0 Å². The molecule has 0 unspecified atom stereocenters. The van der Waals surface area contributed by atoms with Crippen molar-refractivity contribution in [3.8, 4) is 12.1 Å². The Labute approximate surface area is 74.7 Å². The highest BCUT2D eigenvalue weighted by atomic mass is 32.2. The number of pyridine rings is 1. The lowest BCUT2D eigenvalue weighted by molar-refractivity contribution is 1.12. The Bertz CT molecular complexity index is 373. The number of aromatic nitrogens is 1. The summed E-state index contributed by atoms with van der Waals surface area (Å²) in [4.78, 5) is 3.97. The summed E-state index contributed by atoms with van der Waals surface area (Å²) >= 11 is 1.45. The lowest BCUT2D eigenvalue weighted by Crippen LogP contribution is -1.87. The summed E-state index contributed by atoms with van der Waals surface area (Å²) in [5.41, 5.74) is 0.715. The molecule has 0 radical (unpaired) electrons. The normalized spacial score (nSPS) is 8.58. The van der Waals surface area contributed by atoms with Crippen molar-refractivity contribution in [3.05, 3.63) is 23.4 Å². The van der Waals surface area contributed by atoms with E-state index in [1.807, 2.05) is 18.4 Å². The van der Waals surface area contributed by atoms with E-state index in [2.05, 4.69) is 4.98 Å². The number of hydrogen-bond acceptors (Lipinski definition) is 4. The molecule has 0 bridgehead atoms. The summed E-state index contributed by atoms with van der Waals surface area (Å²) in [6.07, 6.45) is 3.29. The van der Waals surface area contributed by atoms with Crippen molar-refractivity contribution in [1.29, 1.82) is 10.5 Å². The van der Waals surface area contributed by atoms with Crippen molar-refractivity contribution in [3.63, 3.8) is 0 Å². The van der Waals surface area contributed by atoms with Crippen molar-refractivity contribution in [1.82, 2.24) is 4.98 Å². The molecule has 3 nitrogen and oxygen atoms in total. The SMILES string of the molecule is CSc1cc(C#N)c(C#N)cn1. The van der Waals surface area contributed by atoms with Crippen molar-refractivity contribution < 1.29 is 0 Å². The highest BCUT2D eigenvalue weighted by Gasteiger charge is 2.02. The van der Waals surface area contributed by atoms with Gasteiger partial charge in [0.05, 0.1) is 16.2 Å². The number of nitriles is 2. The van der Waals surface area contributed by atoms with E-state index in [9.17, 15) is 0 Å². The quantitative estimate of drug-likeness (QED) is 0.607. The van der Waals surface area contributed by atoms with E-state index in [4.69, 9.17) is 10.5 Å². The highest BCUT2D eigenvalue weighted by Crippen LogP contribution is 2.14. The summed E-state index contributed by atoms with van der Waals surface area (Å²) in [5.74, 6) is 0. The Balaban J connectivity index is 3.25. The van der Waals surface area contributed by atoms with Crippen LogP contribution in [0.2, 0.25) is 0 Å². The lowest BCUT2D eigenvalue weighted by Gasteiger charge is -1.96. The first-order valence-corrected chi connectivity index (χ1v) is 4.38. The molecular weight excluding hydrogens is 170 g/mol. The Hall–Kier alpha value is -1.52. The molecule has 0 aliphatic heterocycles. The van der Waals surface area contributed by atoms with Crippen molar-refractivity contribution >= 4 is 11.8 Å². The summed E-state index contributed by atoms with van der Waals surface area (Å²) in [7, 11) is 0. The van der Waals surface area contributed by atoms with Gasteiger partial charge in [0, 0.05) is 6.20 Å². The largest absolute Gasteiger partial charge is 0.248 e. The minimum Gasteiger partial charge on any atom is -0.248 e. The molecule has 1 rings (SSSR count). The molecule has 0 fully saturated rings. The summed E-state index contributed by atoms with van der Waals surface area (Å²) in [5, 5.41) is 18.0. The maximum Gasteiger partial charge on any atom is 0.102 e. The molecule has 0 aliphatic carbocycles. The first kappa shape index (κ1) is 8.58. The second-order valence-corrected chi connectivity index (χ2v) is 2.82. The van der Waals surface area contributed by atoms with Crippen molar-refractivity contribution in [2.75, 3.05) is 6.26 Å². The van der Waals surface area contributed by atoms with Gasteiger partial charge < -0.3 is 0 Å². The Morgan fingerprint density at radius 3 is 2.50 bits per heavy atom. The van der Waals surface area contributed by atoms with Gasteiger partial charge in [0.1, 0.15) is 12.1 Å². The van der Waals surface area contributed by atoms with Crippen LogP contribution in [-0.2, 0) is 0 Å². The number of nitrogens with zero attached hydrogens (tertiary/aromatic N) is 3. The molecule has 0 aliphatic rings. The fraction of sp³-hybridized carbons (Fsp3) is 0.125. The van der Waals surface area contributed by atoms with E-state index in [1.54, 1.807) is 6.07 Å². The number of hydrogen-bond donors (Lipinski definition) is 0. The summed E-state index contributed by atoms with van der Waals surface area (Å²) in [6, 6.07) is 5.46. The molecule has 0 amide bonds. The second-order valence-electron chi connectivity index (χ2n) is 2.00. The minimum atomic E-state index is 0.329. The van der Waals surface area contributed by atoms with Gasteiger partial charge in [-0.3, -0.25) is 0 Å². The molecule has 0 spiro atoms. The van der Waals surface area contributed by atoms with Crippen LogP contribution in [0.3, 0.4) is 0 Å². The van der Waals surface area contributed by atoms with Crippen LogP contribution in [0.15, 0.2) is 17.3 Å². The van der Waals surface area contributed by atoms with Crippen LogP contribution in [0.25, 0.3) is 0 Å². The zero-order chi connectivity index (χ0) is 8.97. The smallest absolute Gasteiger partial charge is 0.102 e. The van der Waals surface area contributed by atoms with E-state index >= 15 is 0 Å². The zero-order valence-corrected chi connectivity index (χ0v) is 7.22. The van der Waals surface area contributed by atoms with Crippen molar-refractivity contribution in [2.45, 2.75) is 5.03 Å². The molecule has 4 heteroatoms. The van der Waals surface area contributed by atoms with Gasteiger partial charge in [0.2, 0.25) is 0 Å². The van der Waals surface area contributed by atoms with Crippen LogP contribution in [0.4, 0.5) is 0 Å². The van der Waals surface area contributed by atoms with E-state index in [0.717, 1.165) is 5.03 Å². The molecule has 58 valence electrons. The fourth-order valence-electron chi connectivity index (χ4n) is 0.729. The van der Waals surface area contributed by atoms with Crippen LogP contribution in [-0.4, -0.2) is 11.2 Å². The van der Waals surface area contributed by atoms with E-state index in [0.29, 0.717) is 11.1 Å². The maximum absolute atomic E-state index is 8.63. The number of rotatable bonds is 1. The molecule has 12 heavy (non-hydrogen) atoms. The molecule has 0 aromatic carbocycles. The Kier molecular flexibility index (Phi) is 2.68. The van der Waals surface area contributed by atoms with E-state index < -0.39 is 0 Å². The van der Waals surface area contributed by atoms with Gasteiger partial charge >= 0.3 is 0 Å². The third-order valence-corrected chi connectivity index (χ3v) is 1.97. The molecule has 1 aromatic heterocycles. The van der Waals surface area contributed by atoms with Crippen LogP contribution in [0.1, 0.15) is 11.1 Å². The van der Waals surface area contributed by atoms with Gasteiger partial charge in [-0.2, -0.15) is 10.5 Å². The predicted octanol–water partition coefficient (Wildman–Crippen LogP) is 1.55. The van der Waals surface area contributed by atoms with E-state index in [-0.39, 0.29) is 0 Å². The van der Waals surface area contributed by atoms with Gasteiger partial charge in [-0.05, 0) is 12.3 Å². The molecule has 0 atom stereocenters. The van der Waals surface area contributed by atoms with E-state index in [1.165, 1.54) is 18.0 Å². The van der Waals surface area contributed by atoms with Gasteiger partial charge in [-0.25, -0.2) is 4.98 Å². The topological polar surface area (TPSA) is 60.5 Å².